The molecule has 0 unspecified atom stereocenters. The van der Waals surface area contributed by atoms with Gasteiger partial charge in [-0.2, -0.15) is 0 Å². The summed E-state index contributed by atoms with van der Waals surface area (Å²) in [6, 6.07) is 5.52. The van der Waals surface area contributed by atoms with E-state index in [9.17, 15) is 9.59 Å². The van der Waals surface area contributed by atoms with Gasteiger partial charge in [0.25, 0.3) is 0 Å². The van der Waals surface area contributed by atoms with E-state index in [1.54, 1.807) is 0 Å². The number of carbonyl (C=O) groups excluding carboxylic acids is 1. The van der Waals surface area contributed by atoms with E-state index in [1.165, 1.54) is 11.9 Å². The third kappa shape index (κ3) is 3.37. The molecule has 0 aliphatic carbocycles. The van der Waals surface area contributed by atoms with Gasteiger partial charge in [0.2, 0.25) is 12.7 Å². The molecule has 1 aliphatic rings. The van der Waals surface area contributed by atoms with Gasteiger partial charge < -0.3 is 19.5 Å². The number of hydrogen-bond donors (Lipinski definition) is 1. The van der Waals surface area contributed by atoms with E-state index in [4.69, 9.17) is 14.6 Å². The number of amides is 1. The summed E-state index contributed by atoms with van der Waals surface area (Å²) in [5.74, 6) is 0.181. The first-order valence-corrected chi connectivity index (χ1v) is 5.90. The van der Waals surface area contributed by atoms with Crippen molar-refractivity contribution in [2.45, 2.75) is 12.8 Å². The standard InChI is InChI=1S/C13H15NO5/c1-14(7-13(16)17)12(15)5-3-9-2-4-10-11(6-9)19-8-18-10/h2,4,6H,3,5,7-8H2,1H3,(H,16,17). The highest BCUT2D eigenvalue weighted by Crippen LogP contribution is 2.32. The minimum Gasteiger partial charge on any atom is -0.480 e. The van der Waals surface area contributed by atoms with E-state index < -0.39 is 5.97 Å². The minimum absolute atomic E-state index is 0.194. The van der Waals surface area contributed by atoms with Crippen LogP contribution >= 0.6 is 0 Å². The topological polar surface area (TPSA) is 76.1 Å². The Kier molecular flexibility index (Phi) is 3.89. The van der Waals surface area contributed by atoms with Crippen LogP contribution in [0.4, 0.5) is 0 Å². The Labute approximate surface area is 110 Å². The predicted octanol–water partition coefficient (Wildman–Crippen LogP) is 0.891. The number of fused-ring (bicyclic) bond motifs is 1. The number of carboxylic acids is 1. The molecule has 1 aliphatic heterocycles. The molecule has 0 fully saturated rings. The number of likely N-dealkylation sites (N-methyl/N-ethyl adjacent to an activating group) is 1. The number of rotatable bonds is 5. The Balaban J connectivity index is 1.88. The first-order chi connectivity index (χ1) is 9.06. The van der Waals surface area contributed by atoms with Crippen LogP contribution in [0.15, 0.2) is 18.2 Å². The van der Waals surface area contributed by atoms with Gasteiger partial charge in [0, 0.05) is 13.5 Å². The molecule has 6 heteroatoms. The van der Waals surface area contributed by atoms with Crippen LogP contribution in [-0.2, 0) is 16.0 Å². The second kappa shape index (κ2) is 5.60. The van der Waals surface area contributed by atoms with E-state index >= 15 is 0 Å². The van der Waals surface area contributed by atoms with Gasteiger partial charge in [0.05, 0.1) is 0 Å². The highest BCUT2D eigenvalue weighted by Gasteiger charge is 2.15. The summed E-state index contributed by atoms with van der Waals surface area (Å²) in [5.41, 5.74) is 0.960. The van der Waals surface area contributed by atoms with Crippen molar-refractivity contribution in [2.75, 3.05) is 20.4 Å². The summed E-state index contributed by atoms with van der Waals surface area (Å²) in [7, 11) is 1.48. The third-order valence-electron chi connectivity index (χ3n) is 2.86. The molecule has 19 heavy (non-hydrogen) atoms. The maximum absolute atomic E-state index is 11.7. The second-order valence-electron chi connectivity index (χ2n) is 4.33. The molecule has 0 aromatic heterocycles. The fraction of sp³-hybridized carbons (Fsp3) is 0.385. The molecule has 2 rings (SSSR count). The Morgan fingerprint density at radius 3 is 2.79 bits per heavy atom. The summed E-state index contributed by atoms with van der Waals surface area (Å²) < 4.78 is 10.4. The van der Waals surface area contributed by atoms with Crippen LogP contribution in [0.2, 0.25) is 0 Å². The van der Waals surface area contributed by atoms with Gasteiger partial charge in [-0.3, -0.25) is 9.59 Å². The van der Waals surface area contributed by atoms with Gasteiger partial charge in [-0.05, 0) is 24.1 Å². The number of hydrogen-bond acceptors (Lipinski definition) is 4. The largest absolute Gasteiger partial charge is 0.480 e. The average molecular weight is 265 g/mol. The van der Waals surface area contributed by atoms with Gasteiger partial charge in [-0.25, -0.2) is 0 Å². The van der Waals surface area contributed by atoms with Crippen molar-refractivity contribution in [1.82, 2.24) is 4.90 Å². The van der Waals surface area contributed by atoms with E-state index in [2.05, 4.69) is 0 Å². The van der Waals surface area contributed by atoms with Crippen LogP contribution < -0.4 is 9.47 Å². The molecule has 1 aromatic rings. The summed E-state index contributed by atoms with van der Waals surface area (Å²) in [6.07, 6.45) is 0.808. The number of carbonyl (C=O) groups is 2. The van der Waals surface area contributed by atoms with E-state index in [1.807, 2.05) is 18.2 Å². The van der Waals surface area contributed by atoms with Gasteiger partial charge in [-0.1, -0.05) is 6.07 Å². The van der Waals surface area contributed by atoms with Gasteiger partial charge in [-0.15, -0.1) is 0 Å². The van der Waals surface area contributed by atoms with E-state index in [0.29, 0.717) is 17.9 Å². The van der Waals surface area contributed by atoms with Crippen LogP contribution in [0.3, 0.4) is 0 Å². The number of carboxylic acid groups (broad SMARTS) is 1. The lowest BCUT2D eigenvalue weighted by atomic mass is 10.1. The van der Waals surface area contributed by atoms with Crippen molar-refractivity contribution in [1.29, 1.82) is 0 Å². The third-order valence-corrected chi connectivity index (χ3v) is 2.86. The number of benzene rings is 1. The van der Waals surface area contributed by atoms with Crippen molar-refractivity contribution in [3.8, 4) is 11.5 Å². The Hall–Kier alpha value is -2.24. The molecule has 0 spiro atoms. The molecule has 6 nitrogen and oxygen atoms in total. The van der Waals surface area contributed by atoms with Crippen molar-refractivity contribution in [3.63, 3.8) is 0 Å². The lowest BCUT2D eigenvalue weighted by Gasteiger charge is -2.14. The van der Waals surface area contributed by atoms with Crippen molar-refractivity contribution < 1.29 is 24.2 Å². The lowest BCUT2D eigenvalue weighted by Crippen LogP contribution is -2.32. The molecule has 0 saturated heterocycles. The molecule has 0 atom stereocenters. The fourth-order valence-electron chi connectivity index (χ4n) is 1.83. The molecular weight excluding hydrogens is 250 g/mol. The van der Waals surface area contributed by atoms with Crippen molar-refractivity contribution in [3.05, 3.63) is 23.8 Å². The maximum Gasteiger partial charge on any atom is 0.323 e. The molecule has 0 bridgehead atoms. The second-order valence-corrected chi connectivity index (χ2v) is 4.33. The zero-order valence-corrected chi connectivity index (χ0v) is 10.6. The highest BCUT2D eigenvalue weighted by molar-refractivity contribution is 5.81. The van der Waals surface area contributed by atoms with Crippen molar-refractivity contribution >= 4 is 11.9 Å². The first-order valence-electron chi connectivity index (χ1n) is 5.90. The van der Waals surface area contributed by atoms with Gasteiger partial charge >= 0.3 is 5.97 Å². The molecular formula is C13H15NO5. The summed E-state index contributed by atoms with van der Waals surface area (Å²) >= 11 is 0. The smallest absolute Gasteiger partial charge is 0.323 e. The van der Waals surface area contributed by atoms with Crippen molar-refractivity contribution in [2.24, 2.45) is 0 Å². The summed E-state index contributed by atoms with van der Waals surface area (Å²) in [4.78, 5) is 23.4. The molecule has 1 amide bonds. The summed E-state index contributed by atoms with van der Waals surface area (Å²) in [5, 5.41) is 8.60. The first kappa shape index (κ1) is 13.2. The molecule has 1 heterocycles. The minimum atomic E-state index is -1.01. The molecule has 102 valence electrons. The zero-order valence-electron chi connectivity index (χ0n) is 10.6. The average Bonchev–Trinajstić information content (AvgIpc) is 2.82. The quantitative estimate of drug-likeness (QED) is 0.855. The van der Waals surface area contributed by atoms with Crippen LogP contribution in [0, 0.1) is 0 Å². The number of aryl methyl sites for hydroxylation is 1. The molecule has 1 N–H and O–H groups in total. The normalized spacial score (nSPS) is 12.3. The van der Waals surface area contributed by atoms with E-state index in [-0.39, 0.29) is 25.7 Å². The number of aliphatic carboxylic acids is 1. The van der Waals surface area contributed by atoms with E-state index in [0.717, 1.165) is 5.56 Å². The lowest BCUT2D eigenvalue weighted by molar-refractivity contribution is -0.143. The molecule has 0 radical (unpaired) electrons. The van der Waals surface area contributed by atoms with Crippen LogP contribution in [0.1, 0.15) is 12.0 Å². The van der Waals surface area contributed by atoms with Crippen LogP contribution in [0.25, 0.3) is 0 Å². The van der Waals surface area contributed by atoms with Gasteiger partial charge in [0.15, 0.2) is 11.5 Å². The molecule has 0 saturated carbocycles. The van der Waals surface area contributed by atoms with Crippen LogP contribution in [-0.4, -0.2) is 42.3 Å². The molecule has 1 aromatic carbocycles. The Morgan fingerprint density at radius 2 is 2.05 bits per heavy atom. The SMILES string of the molecule is CN(CC(=O)O)C(=O)CCc1ccc2c(c1)OCO2. The number of nitrogens with zero attached hydrogens (tertiary/aromatic N) is 1. The maximum atomic E-state index is 11.7. The van der Waals surface area contributed by atoms with Gasteiger partial charge in [0.1, 0.15) is 6.54 Å². The highest BCUT2D eigenvalue weighted by atomic mass is 16.7. The Morgan fingerprint density at radius 1 is 1.32 bits per heavy atom. The predicted molar refractivity (Wildman–Crippen MR) is 66.2 cm³/mol. The number of ether oxygens (including phenoxy) is 2. The fourth-order valence-corrected chi connectivity index (χ4v) is 1.83. The Bertz CT molecular complexity index is 500. The summed E-state index contributed by atoms with van der Waals surface area (Å²) in [6.45, 7) is -0.0565. The van der Waals surface area contributed by atoms with Crippen LogP contribution in [0.5, 0.6) is 11.5 Å². The zero-order chi connectivity index (χ0) is 13.8. The monoisotopic (exact) mass is 265 g/mol.